The van der Waals surface area contributed by atoms with Crippen LogP contribution in [-0.4, -0.2) is 5.11 Å². The van der Waals surface area contributed by atoms with Gasteiger partial charge < -0.3 is 5.11 Å². The summed E-state index contributed by atoms with van der Waals surface area (Å²) in [7, 11) is 0. The normalized spacial score (nSPS) is 12.7. The third-order valence-electron chi connectivity index (χ3n) is 3.01. The number of halogens is 1. The fourth-order valence-corrected chi connectivity index (χ4v) is 2.33. The number of benzene rings is 1. The van der Waals surface area contributed by atoms with Crippen molar-refractivity contribution in [3.8, 4) is 5.75 Å². The second-order valence-corrected chi connectivity index (χ2v) is 5.37. The van der Waals surface area contributed by atoms with Crippen LogP contribution in [0.2, 0.25) is 0 Å². The van der Waals surface area contributed by atoms with E-state index in [2.05, 4.69) is 29.8 Å². The molecule has 0 aliphatic carbocycles. The number of rotatable bonds is 6. The van der Waals surface area contributed by atoms with Crippen LogP contribution in [0.1, 0.15) is 57.4 Å². The zero-order valence-corrected chi connectivity index (χ0v) is 11.8. The average Bonchev–Trinajstić information content (AvgIpc) is 2.27. The summed E-state index contributed by atoms with van der Waals surface area (Å²) in [5, 5.41) is 9.79. The molecule has 90 valence electrons. The Kier molecular flexibility index (Phi) is 5.89. The maximum Gasteiger partial charge on any atom is 0.119 e. The first-order chi connectivity index (χ1) is 7.65. The van der Waals surface area contributed by atoms with Crippen molar-refractivity contribution in [3.63, 3.8) is 0 Å². The first-order valence-electron chi connectivity index (χ1n) is 6.13. The Balaban J connectivity index is 2.51. The number of hydrogen-bond donors (Lipinski definition) is 1. The average molecular weight is 285 g/mol. The predicted octanol–water partition coefficient (Wildman–Crippen LogP) is 5.23. The molecule has 0 radical (unpaired) electrons. The topological polar surface area (TPSA) is 20.2 Å². The number of aromatic hydroxyl groups is 1. The molecule has 0 spiro atoms. The molecule has 0 fully saturated rings. The van der Waals surface area contributed by atoms with E-state index in [1.54, 1.807) is 6.07 Å². The molecule has 0 saturated heterocycles. The quantitative estimate of drug-likeness (QED) is 0.710. The van der Waals surface area contributed by atoms with Gasteiger partial charge in [-0.3, -0.25) is 0 Å². The minimum absolute atomic E-state index is 0.422. The molecule has 16 heavy (non-hydrogen) atoms. The van der Waals surface area contributed by atoms with Crippen molar-refractivity contribution in [3.05, 3.63) is 28.2 Å². The first-order valence-corrected chi connectivity index (χ1v) is 6.93. The highest BCUT2D eigenvalue weighted by Crippen LogP contribution is 2.31. The minimum Gasteiger partial charge on any atom is -0.508 e. The summed E-state index contributed by atoms with van der Waals surface area (Å²) < 4.78 is 1.04. The Morgan fingerprint density at radius 3 is 2.69 bits per heavy atom. The summed E-state index contributed by atoms with van der Waals surface area (Å²) in [6.07, 6.45) is 6.30. The highest BCUT2D eigenvalue weighted by molar-refractivity contribution is 9.10. The van der Waals surface area contributed by atoms with E-state index >= 15 is 0 Å². The molecular weight excluding hydrogens is 264 g/mol. The molecule has 0 aromatic heterocycles. The molecule has 0 aliphatic rings. The molecule has 0 saturated carbocycles. The Hall–Kier alpha value is -0.500. The molecule has 1 nitrogen and oxygen atoms in total. The van der Waals surface area contributed by atoms with Gasteiger partial charge in [-0.1, -0.05) is 55.5 Å². The van der Waals surface area contributed by atoms with Gasteiger partial charge in [-0.15, -0.1) is 0 Å². The van der Waals surface area contributed by atoms with E-state index in [1.807, 2.05) is 12.1 Å². The van der Waals surface area contributed by atoms with Gasteiger partial charge in [0, 0.05) is 4.47 Å². The molecule has 2 heteroatoms. The molecule has 1 aromatic carbocycles. The third-order valence-corrected chi connectivity index (χ3v) is 3.50. The summed E-state index contributed by atoms with van der Waals surface area (Å²) in [4.78, 5) is 0. The van der Waals surface area contributed by atoms with Crippen molar-refractivity contribution < 1.29 is 5.11 Å². The van der Waals surface area contributed by atoms with Crippen LogP contribution in [0, 0.1) is 0 Å². The highest BCUT2D eigenvalue weighted by atomic mass is 79.9. The van der Waals surface area contributed by atoms with Gasteiger partial charge >= 0.3 is 0 Å². The van der Waals surface area contributed by atoms with Crippen LogP contribution < -0.4 is 0 Å². The molecule has 0 heterocycles. The maximum absolute atomic E-state index is 9.79. The summed E-state index contributed by atoms with van der Waals surface area (Å²) in [6.45, 7) is 4.41. The molecule has 1 aromatic rings. The SMILES string of the molecule is CCCCCCC(C)c1cc(Br)ccc1O. The van der Waals surface area contributed by atoms with Crippen molar-refractivity contribution in [1.29, 1.82) is 0 Å². The summed E-state index contributed by atoms with van der Waals surface area (Å²) >= 11 is 3.45. The first kappa shape index (κ1) is 13.6. The number of phenols is 1. The summed E-state index contributed by atoms with van der Waals surface area (Å²) in [5.74, 6) is 0.862. The van der Waals surface area contributed by atoms with Crippen LogP contribution in [-0.2, 0) is 0 Å². The van der Waals surface area contributed by atoms with Crippen LogP contribution in [0.5, 0.6) is 5.75 Å². The van der Waals surface area contributed by atoms with Crippen LogP contribution in [0.15, 0.2) is 22.7 Å². The van der Waals surface area contributed by atoms with E-state index in [4.69, 9.17) is 0 Å². The predicted molar refractivity (Wildman–Crippen MR) is 73.0 cm³/mol. The van der Waals surface area contributed by atoms with E-state index in [0.29, 0.717) is 11.7 Å². The van der Waals surface area contributed by atoms with E-state index in [1.165, 1.54) is 25.7 Å². The number of phenolic OH excluding ortho intramolecular Hbond substituents is 1. The molecule has 0 bridgehead atoms. The molecule has 1 unspecified atom stereocenters. The van der Waals surface area contributed by atoms with Crippen LogP contribution >= 0.6 is 15.9 Å². The van der Waals surface area contributed by atoms with Crippen LogP contribution in [0.4, 0.5) is 0 Å². The number of hydrogen-bond acceptors (Lipinski definition) is 1. The van der Waals surface area contributed by atoms with Gasteiger partial charge in [-0.2, -0.15) is 0 Å². The Bertz CT molecular complexity index is 323. The summed E-state index contributed by atoms with van der Waals surface area (Å²) in [5.41, 5.74) is 1.06. The van der Waals surface area contributed by atoms with Crippen LogP contribution in [0.25, 0.3) is 0 Å². The van der Waals surface area contributed by atoms with Gasteiger partial charge in [0.1, 0.15) is 5.75 Å². The summed E-state index contributed by atoms with van der Waals surface area (Å²) in [6, 6.07) is 5.67. The fraction of sp³-hybridized carbons (Fsp3) is 0.571. The van der Waals surface area contributed by atoms with Crippen molar-refractivity contribution in [1.82, 2.24) is 0 Å². The second-order valence-electron chi connectivity index (χ2n) is 4.45. The maximum atomic E-state index is 9.79. The lowest BCUT2D eigenvalue weighted by molar-refractivity contribution is 0.457. The molecule has 1 rings (SSSR count). The number of unbranched alkanes of at least 4 members (excludes halogenated alkanes) is 3. The lowest BCUT2D eigenvalue weighted by atomic mass is 9.94. The van der Waals surface area contributed by atoms with E-state index < -0.39 is 0 Å². The molecule has 0 aliphatic heterocycles. The lowest BCUT2D eigenvalue weighted by Gasteiger charge is -2.13. The molecule has 1 N–H and O–H groups in total. The molecular formula is C14H21BrO. The highest BCUT2D eigenvalue weighted by Gasteiger charge is 2.10. The van der Waals surface area contributed by atoms with Crippen molar-refractivity contribution in [2.75, 3.05) is 0 Å². The molecule has 1 atom stereocenters. The van der Waals surface area contributed by atoms with Gasteiger partial charge in [0.05, 0.1) is 0 Å². The fourth-order valence-electron chi connectivity index (χ4n) is 1.95. The van der Waals surface area contributed by atoms with Gasteiger partial charge in [0.2, 0.25) is 0 Å². The standard InChI is InChI=1S/C14H21BrO/c1-3-4-5-6-7-11(2)13-10-12(15)8-9-14(13)16/h8-11,16H,3-7H2,1-2H3. The third kappa shape index (κ3) is 4.17. The minimum atomic E-state index is 0.422. The van der Waals surface area contributed by atoms with E-state index in [0.717, 1.165) is 16.5 Å². The van der Waals surface area contributed by atoms with Crippen molar-refractivity contribution >= 4 is 15.9 Å². The Morgan fingerprint density at radius 2 is 2.00 bits per heavy atom. The zero-order valence-electron chi connectivity index (χ0n) is 10.2. The van der Waals surface area contributed by atoms with Gasteiger partial charge in [0.15, 0.2) is 0 Å². The van der Waals surface area contributed by atoms with Gasteiger partial charge in [-0.25, -0.2) is 0 Å². The van der Waals surface area contributed by atoms with E-state index in [9.17, 15) is 5.11 Å². The van der Waals surface area contributed by atoms with Crippen molar-refractivity contribution in [2.24, 2.45) is 0 Å². The lowest BCUT2D eigenvalue weighted by Crippen LogP contribution is -1.94. The smallest absolute Gasteiger partial charge is 0.119 e. The largest absolute Gasteiger partial charge is 0.508 e. The Labute approximate surface area is 107 Å². The Morgan fingerprint density at radius 1 is 1.25 bits per heavy atom. The molecule has 0 amide bonds. The zero-order chi connectivity index (χ0) is 12.0. The van der Waals surface area contributed by atoms with Crippen LogP contribution in [0.3, 0.4) is 0 Å². The van der Waals surface area contributed by atoms with E-state index in [-0.39, 0.29) is 0 Å². The van der Waals surface area contributed by atoms with Gasteiger partial charge in [-0.05, 0) is 36.1 Å². The van der Waals surface area contributed by atoms with Crippen molar-refractivity contribution in [2.45, 2.75) is 51.9 Å². The monoisotopic (exact) mass is 284 g/mol. The second kappa shape index (κ2) is 6.95. The van der Waals surface area contributed by atoms with Gasteiger partial charge in [0.25, 0.3) is 0 Å².